The molecule has 0 fully saturated rings. The molecule has 94 valence electrons. The minimum absolute atomic E-state index is 1.09. The number of hydrogen-bond donors (Lipinski definition) is 0. The van der Waals surface area contributed by atoms with Crippen LogP contribution in [-0.2, 0) is 0 Å². The van der Waals surface area contributed by atoms with E-state index in [1.165, 1.54) is 11.1 Å². The molecule has 0 radical (unpaired) electrons. The molecule has 0 N–H and O–H groups in total. The van der Waals surface area contributed by atoms with Gasteiger partial charge in [0.2, 0.25) is 0 Å². The fourth-order valence-corrected chi connectivity index (χ4v) is 2.59. The van der Waals surface area contributed by atoms with Gasteiger partial charge in [-0.05, 0) is 36.2 Å². The molecule has 0 saturated heterocycles. The van der Waals surface area contributed by atoms with Gasteiger partial charge < -0.3 is 0 Å². The van der Waals surface area contributed by atoms with Crippen molar-refractivity contribution in [3.8, 4) is 16.8 Å². The monoisotopic (exact) mass is 312 g/mol. The van der Waals surface area contributed by atoms with Crippen molar-refractivity contribution in [1.82, 2.24) is 9.78 Å². The van der Waals surface area contributed by atoms with Gasteiger partial charge in [-0.2, -0.15) is 5.10 Å². The Hall–Kier alpha value is -1.87. The predicted octanol–water partition coefficient (Wildman–Crippen LogP) is 4.61. The first-order chi connectivity index (χ1) is 9.24. The summed E-state index contributed by atoms with van der Waals surface area (Å²) in [7, 11) is 0. The number of benzene rings is 2. The Labute approximate surface area is 120 Å². The summed E-state index contributed by atoms with van der Waals surface area (Å²) in [5.41, 5.74) is 4.61. The van der Waals surface area contributed by atoms with Crippen LogP contribution in [-0.4, -0.2) is 9.78 Å². The van der Waals surface area contributed by atoms with Crippen LogP contribution in [0.25, 0.3) is 16.8 Å². The molecule has 0 unspecified atom stereocenters. The molecule has 2 nitrogen and oxygen atoms in total. The van der Waals surface area contributed by atoms with Crippen LogP contribution >= 0.6 is 15.9 Å². The van der Waals surface area contributed by atoms with Gasteiger partial charge in [0, 0.05) is 16.2 Å². The standard InChI is InChI=1S/C16H13BrN2/c1-12-9-15(17)7-8-16(12)19-11-14(10-18-19)13-5-3-2-4-6-13/h2-11H,1H3. The third-order valence-electron chi connectivity index (χ3n) is 3.10. The Morgan fingerprint density at radius 1 is 1.00 bits per heavy atom. The van der Waals surface area contributed by atoms with Gasteiger partial charge in [0.25, 0.3) is 0 Å². The predicted molar refractivity (Wildman–Crippen MR) is 81.4 cm³/mol. The van der Waals surface area contributed by atoms with E-state index in [1.54, 1.807) is 0 Å². The van der Waals surface area contributed by atoms with Crippen molar-refractivity contribution >= 4 is 15.9 Å². The second kappa shape index (κ2) is 5.02. The molecule has 3 heteroatoms. The summed E-state index contributed by atoms with van der Waals surface area (Å²) in [5.74, 6) is 0. The smallest absolute Gasteiger partial charge is 0.0675 e. The normalized spacial score (nSPS) is 10.6. The molecule has 1 heterocycles. The maximum Gasteiger partial charge on any atom is 0.0675 e. The van der Waals surface area contributed by atoms with E-state index in [1.807, 2.05) is 35.1 Å². The van der Waals surface area contributed by atoms with E-state index in [-0.39, 0.29) is 0 Å². The Balaban J connectivity index is 2.02. The number of aromatic nitrogens is 2. The van der Waals surface area contributed by atoms with Crippen LogP contribution in [0.1, 0.15) is 5.56 Å². The third-order valence-corrected chi connectivity index (χ3v) is 3.59. The van der Waals surface area contributed by atoms with Gasteiger partial charge >= 0.3 is 0 Å². The van der Waals surface area contributed by atoms with Gasteiger partial charge in [0.05, 0.1) is 11.9 Å². The third kappa shape index (κ3) is 2.47. The highest BCUT2D eigenvalue weighted by molar-refractivity contribution is 9.10. The van der Waals surface area contributed by atoms with Gasteiger partial charge in [0.15, 0.2) is 0 Å². The molecule has 3 aromatic rings. The molecular weight excluding hydrogens is 300 g/mol. The SMILES string of the molecule is Cc1cc(Br)ccc1-n1cc(-c2ccccc2)cn1. The van der Waals surface area contributed by atoms with Crippen molar-refractivity contribution in [2.75, 3.05) is 0 Å². The van der Waals surface area contributed by atoms with Crippen molar-refractivity contribution in [2.24, 2.45) is 0 Å². The molecule has 0 amide bonds. The highest BCUT2D eigenvalue weighted by atomic mass is 79.9. The van der Waals surface area contributed by atoms with E-state index in [0.717, 1.165) is 15.7 Å². The molecule has 0 atom stereocenters. The average molecular weight is 313 g/mol. The Morgan fingerprint density at radius 3 is 2.53 bits per heavy atom. The van der Waals surface area contributed by atoms with Crippen LogP contribution in [0.3, 0.4) is 0 Å². The molecule has 2 aromatic carbocycles. The van der Waals surface area contributed by atoms with Gasteiger partial charge in [-0.25, -0.2) is 4.68 Å². The van der Waals surface area contributed by atoms with Crippen LogP contribution < -0.4 is 0 Å². The molecule has 0 bridgehead atoms. The minimum Gasteiger partial charge on any atom is -0.240 e. The maximum absolute atomic E-state index is 4.45. The highest BCUT2D eigenvalue weighted by Crippen LogP contribution is 2.22. The van der Waals surface area contributed by atoms with Crippen molar-refractivity contribution in [2.45, 2.75) is 6.92 Å². The van der Waals surface area contributed by atoms with Crippen molar-refractivity contribution in [1.29, 1.82) is 0 Å². The fourth-order valence-electron chi connectivity index (χ4n) is 2.11. The van der Waals surface area contributed by atoms with Crippen molar-refractivity contribution in [3.05, 3.63) is 71.0 Å². The second-order valence-electron chi connectivity index (χ2n) is 4.47. The van der Waals surface area contributed by atoms with Crippen LogP contribution in [0, 0.1) is 6.92 Å². The minimum atomic E-state index is 1.09. The fraction of sp³-hybridized carbons (Fsp3) is 0.0625. The molecule has 0 aliphatic rings. The van der Waals surface area contributed by atoms with Crippen LogP contribution in [0.5, 0.6) is 0 Å². The van der Waals surface area contributed by atoms with E-state index in [9.17, 15) is 0 Å². The Kier molecular flexibility index (Phi) is 3.22. The largest absolute Gasteiger partial charge is 0.240 e. The van der Waals surface area contributed by atoms with E-state index < -0.39 is 0 Å². The van der Waals surface area contributed by atoms with Crippen LogP contribution in [0.2, 0.25) is 0 Å². The summed E-state index contributed by atoms with van der Waals surface area (Å²) in [6.07, 6.45) is 3.96. The summed E-state index contributed by atoms with van der Waals surface area (Å²) < 4.78 is 3.01. The molecular formula is C16H13BrN2. The van der Waals surface area contributed by atoms with E-state index in [4.69, 9.17) is 0 Å². The molecule has 3 rings (SSSR count). The number of rotatable bonds is 2. The molecule has 1 aromatic heterocycles. The summed E-state index contributed by atoms with van der Waals surface area (Å²) in [6.45, 7) is 2.09. The molecule has 0 aliphatic heterocycles. The zero-order valence-electron chi connectivity index (χ0n) is 10.5. The summed E-state index contributed by atoms with van der Waals surface area (Å²) in [5, 5.41) is 4.45. The maximum atomic E-state index is 4.45. The Bertz CT molecular complexity index is 702. The average Bonchev–Trinajstić information content (AvgIpc) is 2.89. The van der Waals surface area contributed by atoms with Gasteiger partial charge in [-0.1, -0.05) is 46.3 Å². The zero-order chi connectivity index (χ0) is 13.2. The molecule has 0 spiro atoms. The lowest BCUT2D eigenvalue weighted by Gasteiger charge is -2.05. The van der Waals surface area contributed by atoms with E-state index in [2.05, 4.69) is 58.4 Å². The lowest BCUT2D eigenvalue weighted by molar-refractivity contribution is 0.872. The topological polar surface area (TPSA) is 17.8 Å². The first-order valence-corrected chi connectivity index (χ1v) is 6.90. The number of aryl methyl sites for hydroxylation is 1. The quantitative estimate of drug-likeness (QED) is 0.675. The van der Waals surface area contributed by atoms with Crippen LogP contribution in [0.15, 0.2) is 65.4 Å². The first-order valence-electron chi connectivity index (χ1n) is 6.11. The number of nitrogens with zero attached hydrogens (tertiary/aromatic N) is 2. The molecule has 0 aliphatic carbocycles. The lowest BCUT2D eigenvalue weighted by Crippen LogP contribution is -1.96. The molecule has 0 saturated carbocycles. The number of halogens is 1. The zero-order valence-corrected chi connectivity index (χ0v) is 12.1. The van der Waals surface area contributed by atoms with Gasteiger partial charge in [-0.3, -0.25) is 0 Å². The second-order valence-corrected chi connectivity index (χ2v) is 5.39. The number of hydrogen-bond acceptors (Lipinski definition) is 1. The van der Waals surface area contributed by atoms with Gasteiger partial charge in [-0.15, -0.1) is 0 Å². The van der Waals surface area contributed by atoms with Crippen molar-refractivity contribution in [3.63, 3.8) is 0 Å². The van der Waals surface area contributed by atoms with E-state index in [0.29, 0.717) is 0 Å². The summed E-state index contributed by atoms with van der Waals surface area (Å²) in [4.78, 5) is 0. The summed E-state index contributed by atoms with van der Waals surface area (Å²) >= 11 is 3.48. The highest BCUT2D eigenvalue weighted by Gasteiger charge is 2.05. The summed E-state index contributed by atoms with van der Waals surface area (Å²) in [6, 6.07) is 16.5. The molecule has 19 heavy (non-hydrogen) atoms. The lowest BCUT2D eigenvalue weighted by atomic mass is 10.1. The van der Waals surface area contributed by atoms with Crippen LogP contribution in [0.4, 0.5) is 0 Å². The van der Waals surface area contributed by atoms with Gasteiger partial charge in [0.1, 0.15) is 0 Å². The van der Waals surface area contributed by atoms with Crippen molar-refractivity contribution < 1.29 is 0 Å². The first kappa shape index (κ1) is 12.2. The Morgan fingerprint density at radius 2 is 1.79 bits per heavy atom. The van der Waals surface area contributed by atoms with E-state index >= 15 is 0 Å².